The standard InChI is InChI=1S/C34H37ClFN5O7.C26H31ClFN5O6.CH4/c1-34(2,3)48-32(45)37-23-12-9-15-39(18-23)29-26(31(44)47-5)27-28(40(29)17-21-16-22(36)13-14-24(21)35)30(43)41(33(46)38(27)4)19-25(42)20-10-7-6-8-11-20;1-26(2,3)39-25(37)29-16-7-6-10-32(13-16)22-18(23(35)38-5)19-20(21(34)30-24(36)31(19)4)33(22)12-14-11-15(28)8-9-17(14)27;/h6-8,10-11,13-14,16,23H,9,12,15,17-19H2,1-5H3,(H,37,45);8-9,11,16H,6-7,10,12-13H2,1-5H3,(H,29,37)(H,30,34,36);1H4/t23-;16-;/m11./s1. The van der Waals surface area contributed by atoms with Crippen molar-refractivity contribution in [2.24, 2.45) is 14.1 Å². The van der Waals surface area contributed by atoms with Gasteiger partial charge in [-0.2, -0.15) is 0 Å². The molecule has 0 radical (unpaired) electrons. The van der Waals surface area contributed by atoms with Crippen LogP contribution < -0.4 is 42.9 Å². The van der Waals surface area contributed by atoms with Crippen LogP contribution in [0.3, 0.4) is 0 Å². The van der Waals surface area contributed by atoms with Crippen molar-refractivity contribution in [1.29, 1.82) is 0 Å². The Balaban J connectivity index is 0.000000253. The van der Waals surface area contributed by atoms with Crippen molar-refractivity contribution in [3.8, 4) is 0 Å². The van der Waals surface area contributed by atoms with Crippen LogP contribution >= 0.6 is 23.2 Å². The monoisotopic (exact) mass is 1260 g/mol. The van der Waals surface area contributed by atoms with E-state index in [0.29, 0.717) is 61.3 Å². The van der Waals surface area contributed by atoms with Crippen LogP contribution in [0.15, 0.2) is 85.9 Å². The summed E-state index contributed by atoms with van der Waals surface area (Å²) in [6, 6.07) is 15.2. The first kappa shape index (κ1) is 66.8. The van der Waals surface area contributed by atoms with E-state index in [4.69, 9.17) is 42.1 Å². The first-order valence-corrected chi connectivity index (χ1v) is 28.6. The number of benzene rings is 3. The molecular formula is C61H72Cl2F2N10O13. The fourth-order valence-corrected chi connectivity index (χ4v) is 11.2. The van der Waals surface area contributed by atoms with Crippen molar-refractivity contribution >= 4 is 86.8 Å². The highest BCUT2D eigenvalue weighted by atomic mass is 35.5. The molecule has 0 unspecified atom stereocenters. The normalized spacial score (nSPS) is 15.2. The summed E-state index contributed by atoms with van der Waals surface area (Å²) in [7, 11) is 5.21. The van der Waals surface area contributed by atoms with Gasteiger partial charge < -0.3 is 48.5 Å². The number of carbonyl (C=O) groups excluding carboxylic acids is 5. The van der Waals surface area contributed by atoms with E-state index in [9.17, 15) is 51.9 Å². The predicted octanol–water partition coefficient (Wildman–Crippen LogP) is 8.29. The van der Waals surface area contributed by atoms with Crippen molar-refractivity contribution in [2.45, 2.75) is 118 Å². The summed E-state index contributed by atoms with van der Waals surface area (Å²) in [4.78, 5) is 125. The van der Waals surface area contributed by atoms with Gasteiger partial charge in [-0.25, -0.2) is 37.5 Å². The minimum Gasteiger partial charge on any atom is -0.465 e. The number of aromatic amines is 1. The number of fused-ring (bicyclic) bond motifs is 2. The highest BCUT2D eigenvalue weighted by Gasteiger charge is 2.37. The number of hydrogen-bond acceptors (Lipinski definition) is 15. The number of Topliss-reactive ketones (excluding diaryl/α,β-unsaturated/α-hetero) is 1. The second-order valence-electron chi connectivity index (χ2n) is 23.1. The van der Waals surface area contributed by atoms with Gasteiger partial charge in [-0.15, -0.1) is 0 Å². The van der Waals surface area contributed by atoms with Crippen LogP contribution in [0.2, 0.25) is 10.0 Å². The number of alkyl carbamates (subject to hydrolysis) is 2. The topological polar surface area (TPSA) is 262 Å². The number of methoxy groups -OCH3 is 2. The van der Waals surface area contributed by atoms with Crippen molar-refractivity contribution in [2.75, 3.05) is 50.2 Å². The largest absolute Gasteiger partial charge is 0.465 e. The third kappa shape index (κ3) is 14.6. The molecule has 6 heterocycles. The molecule has 9 rings (SSSR count). The van der Waals surface area contributed by atoms with Gasteiger partial charge in [0.25, 0.3) is 11.1 Å². The summed E-state index contributed by atoms with van der Waals surface area (Å²) in [5.74, 6) is -2.65. The molecule has 4 aromatic heterocycles. The van der Waals surface area contributed by atoms with Crippen LogP contribution in [0.5, 0.6) is 0 Å². The molecule has 2 fully saturated rings. The number of amides is 2. The zero-order chi connectivity index (χ0) is 63.6. The fraction of sp³-hybridized carbons (Fsp3) is 0.426. The second-order valence-corrected chi connectivity index (χ2v) is 23.9. The molecule has 2 aliphatic rings. The predicted molar refractivity (Wildman–Crippen MR) is 330 cm³/mol. The van der Waals surface area contributed by atoms with E-state index < -0.39 is 87.8 Å². The molecule has 0 spiro atoms. The molecule has 0 bridgehead atoms. The Bertz CT molecular complexity index is 4080. The Morgan fingerprint density at radius 1 is 0.625 bits per heavy atom. The molecule has 3 aromatic carbocycles. The highest BCUT2D eigenvalue weighted by Crippen LogP contribution is 2.37. The summed E-state index contributed by atoms with van der Waals surface area (Å²) in [5.41, 5.74) is -3.62. The number of esters is 2. The van der Waals surface area contributed by atoms with E-state index >= 15 is 0 Å². The molecule has 88 heavy (non-hydrogen) atoms. The fourth-order valence-electron chi connectivity index (χ4n) is 10.9. The zero-order valence-electron chi connectivity index (χ0n) is 49.7. The van der Waals surface area contributed by atoms with Gasteiger partial charge in [0.1, 0.15) is 56.6 Å². The molecule has 2 amide bonds. The Morgan fingerprint density at radius 3 is 1.51 bits per heavy atom. The van der Waals surface area contributed by atoms with Crippen LogP contribution in [0.25, 0.3) is 22.1 Å². The molecule has 2 saturated heterocycles. The molecule has 27 heteroatoms. The van der Waals surface area contributed by atoms with Crippen molar-refractivity contribution in [3.63, 3.8) is 0 Å². The smallest absolute Gasteiger partial charge is 0.407 e. The molecule has 2 aliphatic heterocycles. The van der Waals surface area contributed by atoms with Gasteiger partial charge in [0.05, 0.1) is 44.9 Å². The summed E-state index contributed by atoms with van der Waals surface area (Å²) in [6.45, 7) is 11.1. The van der Waals surface area contributed by atoms with Gasteiger partial charge in [0.2, 0.25) is 0 Å². The van der Waals surface area contributed by atoms with Crippen molar-refractivity contribution in [3.05, 3.63) is 158 Å². The Kier molecular flexibility index (Phi) is 20.6. The quantitative estimate of drug-likeness (QED) is 0.0557. The van der Waals surface area contributed by atoms with Crippen molar-refractivity contribution in [1.82, 2.24) is 38.5 Å². The summed E-state index contributed by atoms with van der Waals surface area (Å²) >= 11 is 12.9. The molecular weight excluding hydrogens is 1190 g/mol. The average molecular weight is 1260 g/mol. The van der Waals surface area contributed by atoms with E-state index in [0.717, 1.165) is 13.7 Å². The van der Waals surface area contributed by atoms with Crippen LogP contribution in [0.1, 0.15) is 117 Å². The zero-order valence-corrected chi connectivity index (χ0v) is 51.2. The molecule has 0 aliphatic carbocycles. The maximum Gasteiger partial charge on any atom is 0.407 e. The number of aryl methyl sites for hydroxylation is 2. The summed E-state index contributed by atoms with van der Waals surface area (Å²) in [5, 5.41) is 6.21. The number of halogens is 4. The van der Waals surface area contributed by atoms with Gasteiger partial charge in [-0.05, 0) is 115 Å². The lowest BCUT2D eigenvalue weighted by Crippen LogP contribution is -2.49. The first-order valence-electron chi connectivity index (χ1n) is 27.8. The molecule has 23 nitrogen and oxygen atoms in total. The van der Waals surface area contributed by atoms with E-state index in [1.807, 2.05) is 9.80 Å². The Hall–Kier alpha value is -8.71. The van der Waals surface area contributed by atoms with Gasteiger partial charge in [0.15, 0.2) is 5.78 Å². The summed E-state index contributed by atoms with van der Waals surface area (Å²) in [6.07, 6.45) is 1.29. The number of hydrogen-bond donors (Lipinski definition) is 3. The number of carbonyl (C=O) groups is 5. The minimum absolute atomic E-state index is 0. The number of piperidine rings is 2. The van der Waals surface area contributed by atoms with E-state index in [-0.39, 0.29) is 88.7 Å². The van der Waals surface area contributed by atoms with Crippen LogP contribution in [-0.2, 0) is 52.7 Å². The number of ether oxygens (including phenoxy) is 4. The molecule has 3 N–H and O–H groups in total. The number of nitrogens with zero attached hydrogens (tertiary/aromatic N) is 7. The second kappa shape index (κ2) is 27.1. The number of H-pyrrole nitrogens is 1. The minimum atomic E-state index is -0.832. The Morgan fingerprint density at radius 2 is 1.07 bits per heavy atom. The van der Waals surface area contributed by atoms with Gasteiger partial charge in [-0.1, -0.05) is 61.0 Å². The van der Waals surface area contributed by atoms with Gasteiger partial charge >= 0.3 is 35.5 Å². The third-order valence-electron chi connectivity index (χ3n) is 14.5. The summed E-state index contributed by atoms with van der Waals surface area (Å²) < 4.78 is 55.9. The van der Waals surface area contributed by atoms with Crippen LogP contribution in [0.4, 0.5) is 30.0 Å². The molecule has 7 aromatic rings. The lowest BCUT2D eigenvalue weighted by atomic mass is 10.1. The number of anilines is 2. The maximum absolute atomic E-state index is 14.5. The Labute approximate surface area is 514 Å². The lowest BCUT2D eigenvalue weighted by Gasteiger charge is -2.36. The maximum atomic E-state index is 14.5. The SMILES string of the molecule is C.COC(=O)c1c(N2CCC[C@@H](NC(=O)OC(C)(C)C)C2)n(Cc2cc(F)ccc2Cl)c2c(=O)[nH]c(=O)n(C)c12.COC(=O)c1c(N2CCC[C@@H](NC(=O)OC(C)(C)C)C2)n(Cc2cc(F)ccc2Cl)c2c(=O)n(CC(=O)c3ccccc3)c(=O)n(C)c12. The van der Waals surface area contributed by atoms with E-state index in [2.05, 4.69) is 15.6 Å². The van der Waals surface area contributed by atoms with Gasteiger partial charge in [-0.3, -0.25) is 33.1 Å². The number of aromatic nitrogens is 6. The number of rotatable bonds is 13. The molecule has 2 atom stereocenters. The molecule has 0 saturated carbocycles. The lowest BCUT2D eigenvalue weighted by molar-refractivity contribution is 0.0487. The highest BCUT2D eigenvalue weighted by molar-refractivity contribution is 6.31. The van der Waals surface area contributed by atoms with Crippen LogP contribution in [-0.4, -0.2) is 121 Å². The van der Waals surface area contributed by atoms with Crippen LogP contribution in [0, 0.1) is 11.6 Å². The van der Waals surface area contributed by atoms with Gasteiger partial charge in [0, 0.05) is 68.0 Å². The van der Waals surface area contributed by atoms with Crippen molar-refractivity contribution < 1.29 is 51.7 Å². The first-order chi connectivity index (χ1) is 41.0. The third-order valence-corrected chi connectivity index (χ3v) is 15.3. The van der Waals surface area contributed by atoms with E-state index in [1.54, 1.807) is 71.9 Å². The van der Waals surface area contributed by atoms with E-state index in [1.165, 1.54) is 73.8 Å². The average Bonchev–Trinajstić information content (AvgIpc) is 1.58. The molecule has 472 valence electrons. The number of ketones is 1. The number of nitrogens with one attached hydrogen (secondary N) is 3.